The first-order valence-electron chi connectivity index (χ1n) is 9.19. The lowest BCUT2D eigenvalue weighted by molar-refractivity contribution is 0.310. The van der Waals surface area contributed by atoms with E-state index in [1.54, 1.807) is 6.07 Å². The van der Waals surface area contributed by atoms with Gasteiger partial charge in [0.25, 0.3) is 0 Å². The van der Waals surface area contributed by atoms with Gasteiger partial charge in [-0.25, -0.2) is 4.98 Å². The lowest BCUT2D eigenvalue weighted by Crippen LogP contribution is -2.10. The van der Waals surface area contributed by atoms with Gasteiger partial charge in [0.15, 0.2) is 0 Å². The van der Waals surface area contributed by atoms with Crippen molar-refractivity contribution in [2.45, 2.75) is 17.9 Å². The van der Waals surface area contributed by atoms with Crippen LogP contribution in [0.15, 0.2) is 76.6 Å². The zero-order valence-electron chi connectivity index (χ0n) is 15.3. The Bertz CT molecular complexity index is 1160. The molecule has 0 saturated carbocycles. The number of para-hydroxylation sites is 1. The predicted octanol–water partition coefficient (Wildman–Crippen LogP) is 4.04. The minimum atomic E-state index is -1.11. The molecular formula is C22H20N2O3S. The maximum atomic E-state index is 12.5. The van der Waals surface area contributed by atoms with Crippen LogP contribution in [0.4, 0.5) is 0 Å². The summed E-state index contributed by atoms with van der Waals surface area (Å²) in [6, 6.07) is 20.5. The standard InChI is InChI=1S/C22H20N2O3S/c25-21-11-7-17-15-18(9-10-20(17)23-21)27-13-3-4-14-28(26)22-12-8-16-5-1-2-6-19(16)24-22/h1-2,5-12,15H,3-4,13-14H2,(H,23,25). The Labute approximate surface area is 165 Å². The fourth-order valence-corrected chi connectivity index (χ4v) is 4.12. The van der Waals surface area contributed by atoms with Crippen molar-refractivity contribution in [1.29, 1.82) is 0 Å². The summed E-state index contributed by atoms with van der Waals surface area (Å²) >= 11 is -1.11. The van der Waals surface area contributed by atoms with E-state index in [1.807, 2.05) is 54.6 Å². The first-order valence-corrected chi connectivity index (χ1v) is 10.5. The fraction of sp³-hybridized carbons (Fsp3) is 0.182. The van der Waals surface area contributed by atoms with Crippen LogP contribution < -0.4 is 10.3 Å². The largest absolute Gasteiger partial charge is 0.610 e. The summed E-state index contributed by atoms with van der Waals surface area (Å²) < 4.78 is 18.3. The number of unbranched alkanes of at least 4 members (excludes halogenated alkanes) is 1. The second kappa shape index (κ2) is 8.46. The summed E-state index contributed by atoms with van der Waals surface area (Å²) in [6.45, 7) is 0.553. The monoisotopic (exact) mass is 392 g/mol. The smallest absolute Gasteiger partial charge is 0.248 e. The van der Waals surface area contributed by atoms with Crippen molar-refractivity contribution >= 4 is 33.0 Å². The number of aromatic amines is 1. The van der Waals surface area contributed by atoms with Gasteiger partial charge in [0.05, 0.1) is 12.1 Å². The third-order valence-electron chi connectivity index (χ3n) is 4.49. The minimum absolute atomic E-state index is 0.116. The van der Waals surface area contributed by atoms with Gasteiger partial charge in [0.1, 0.15) is 11.5 Å². The molecule has 1 N–H and O–H groups in total. The van der Waals surface area contributed by atoms with E-state index in [2.05, 4.69) is 9.97 Å². The molecule has 5 nitrogen and oxygen atoms in total. The summed E-state index contributed by atoms with van der Waals surface area (Å²) in [5, 5.41) is 2.61. The topological polar surface area (TPSA) is 78.0 Å². The highest BCUT2D eigenvalue weighted by molar-refractivity contribution is 7.91. The van der Waals surface area contributed by atoms with E-state index in [1.165, 1.54) is 6.07 Å². The van der Waals surface area contributed by atoms with Gasteiger partial charge in [-0.2, -0.15) is 0 Å². The number of fused-ring (bicyclic) bond motifs is 2. The summed E-state index contributed by atoms with van der Waals surface area (Å²) in [5.41, 5.74) is 1.54. The number of pyridine rings is 2. The third kappa shape index (κ3) is 4.35. The number of ether oxygens (including phenoxy) is 1. The third-order valence-corrected chi connectivity index (χ3v) is 5.85. The van der Waals surface area contributed by atoms with Crippen LogP contribution >= 0.6 is 0 Å². The lowest BCUT2D eigenvalue weighted by Gasteiger charge is -2.11. The first kappa shape index (κ1) is 18.5. The SMILES string of the molecule is O=c1ccc2cc(OCCCC[S+]([O-])c3ccc4ccccc4n3)ccc2[nH]1. The van der Waals surface area contributed by atoms with Crippen LogP contribution in [0.1, 0.15) is 12.8 Å². The molecule has 4 rings (SSSR count). The van der Waals surface area contributed by atoms with Crippen molar-refractivity contribution in [3.63, 3.8) is 0 Å². The molecule has 2 aromatic carbocycles. The Balaban J connectivity index is 1.27. The summed E-state index contributed by atoms with van der Waals surface area (Å²) in [6.07, 6.45) is 1.60. The van der Waals surface area contributed by atoms with Crippen molar-refractivity contribution < 1.29 is 9.29 Å². The Morgan fingerprint density at radius 2 is 1.82 bits per heavy atom. The van der Waals surface area contributed by atoms with E-state index >= 15 is 0 Å². The van der Waals surface area contributed by atoms with Gasteiger partial charge in [-0.05, 0) is 49.2 Å². The van der Waals surface area contributed by atoms with Crippen molar-refractivity contribution in [1.82, 2.24) is 9.97 Å². The van der Waals surface area contributed by atoms with E-state index in [9.17, 15) is 9.35 Å². The number of benzene rings is 2. The molecule has 2 aromatic heterocycles. The van der Waals surface area contributed by atoms with E-state index in [-0.39, 0.29) is 5.56 Å². The second-order valence-corrected chi connectivity index (χ2v) is 8.04. The average Bonchev–Trinajstić information content (AvgIpc) is 2.73. The lowest BCUT2D eigenvalue weighted by atomic mass is 10.2. The van der Waals surface area contributed by atoms with Crippen LogP contribution in [0.2, 0.25) is 0 Å². The molecule has 2 heterocycles. The minimum Gasteiger partial charge on any atom is -0.610 e. The molecule has 6 heteroatoms. The molecule has 0 aliphatic heterocycles. The van der Waals surface area contributed by atoms with Gasteiger partial charge in [-0.15, -0.1) is 0 Å². The zero-order chi connectivity index (χ0) is 19.3. The van der Waals surface area contributed by atoms with Gasteiger partial charge < -0.3 is 14.3 Å². The van der Waals surface area contributed by atoms with Crippen LogP contribution in [-0.4, -0.2) is 26.9 Å². The van der Waals surface area contributed by atoms with E-state index in [0.29, 0.717) is 17.4 Å². The molecule has 0 radical (unpaired) electrons. The predicted molar refractivity (Wildman–Crippen MR) is 112 cm³/mol. The van der Waals surface area contributed by atoms with Crippen LogP contribution in [0, 0.1) is 0 Å². The van der Waals surface area contributed by atoms with Crippen molar-refractivity contribution in [3.8, 4) is 5.75 Å². The summed E-state index contributed by atoms with van der Waals surface area (Å²) in [5.74, 6) is 1.32. The quantitative estimate of drug-likeness (QED) is 0.380. The highest BCUT2D eigenvalue weighted by Crippen LogP contribution is 2.19. The number of H-pyrrole nitrogens is 1. The van der Waals surface area contributed by atoms with Crippen LogP contribution in [0.3, 0.4) is 0 Å². The zero-order valence-corrected chi connectivity index (χ0v) is 16.1. The average molecular weight is 392 g/mol. The van der Waals surface area contributed by atoms with Crippen molar-refractivity contribution in [2.75, 3.05) is 12.4 Å². The van der Waals surface area contributed by atoms with Crippen molar-refractivity contribution in [2.24, 2.45) is 0 Å². The summed E-state index contributed by atoms with van der Waals surface area (Å²) in [7, 11) is 0. The molecule has 0 spiro atoms. The Morgan fingerprint density at radius 1 is 0.964 bits per heavy atom. The van der Waals surface area contributed by atoms with Gasteiger partial charge in [0, 0.05) is 39.6 Å². The summed E-state index contributed by atoms with van der Waals surface area (Å²) in [4.78, 5) is 18.6. The molecule has 0 amide bonds. The number of aromatic nitrogens is 2. The van der Waals surface area contributed by atoms with Crippen LogP contribution in [0.5, 0.6) is 5.75 Å². The number of nitrogens with one attached hydrogen (secondary N) is 1. The maximum Gasteiger partial charge on any atom is 0.248 e. The van der Waals surface area contributed by atoms with Crippen LogP contribution in [0.25, 0.3) is 21.8 Å². The molecule has 28 heavy (non-hydrogen) atoms. The molecule has 0 fully saturated rings. The molecule has 1 unspecified atom stereocenters. The highest BCUT2D eigenvalue weighted by Gasteiger charge is 2.12. The molecule has 0 aliphatic rings. The molecule has 0 aliphatic carbocycles. The Kier molecular flexibility index (Phi) is 5.60. The Hall–Kier alpha value is -2.83. The molecule has 142 valence electrons. The van der Waals surface area contributed by atoms with Gasteiger partial charge in [0.2, 0.25) is 10.6 Å². The maximum absolute atomic E-state index is 12.5. The number of hydrogen-bond donors (Lipinski definition) is 1. The molecular weight excluding hydrogens is 372 g/mol. The van der Waals surface area contributed by atoms with Gasteiger partial charge in [-0.3, -0.25) is 4.79 Å². The van der Waals surface area contributed by atoms with Crippen LogP contribution in [-0.2, 0) is 11.2 Å². The molecule has 0 saturated heterocycles. The van der Waals surface area contributed by atoms with Gasteiger partial charge >= 0.3 is 0 Å². The van der Waals surface area contributed by atoms with E-state index < -0.39 is 11.2 Å². The van der Waals surface area contributed by atoms with Gasteiger partial charge in [-0.1, -0.05) is 18.2 Å². The molecule has 0 bridgehead atoms. The number of hydrogen-bond acceptors (Lipinski definition) is 4. The first-order chi connectivity index (χ1) is 13.7. The second-order valence-electron chi connectivity index (χ2n) is 6.52. The number of nitrogens with zero attached hydrogens (tertiary/aromatic N) is 1. The molecule has 1 atom stereocenters. The number of rotatable bonds is 7. The van der Waals surface area contributed by atoms with E-state index in [4.69, 9.17) is 4.74 Å². The van der Waals surface area contributed by atoms with E-state index in [0.717, 1.165) is 40.4 Å². The van der Waals surface area contributed by atoms with Crippen molar-refractivity contribution in [3.05, 3.63) is 77.1 Å². The Morgan fingerprint density at radius 3 is 2.75 bits per heavy atom. The fourth-order valence-electron chi connectivity index (χ4n) is 3.03. The highest BCUT2D eigenvalue weighted by atomic mass is 32.2. The molecule has 4 aromatic rings. The normalized spacial score (nSPS) is 12.3.